The van der Waals surface area contributed by atoms with Gasteiger partial charge in [-0.1, -0.05) is 0 Å². The minimum Gasteiger partial charge on any atom is -0.497 e. The molecule has 1 aliphatic rings. The van der Waals surface area contributed by atoms with Gasteiger partial charge in [0.25, 0.3) is 0 Å². The number of benzene rings is 1. The van der Waals surface area contributed by atoms with E-state index in [1.54, 1.807) is 14.2 Å². The third-order valence-electron chi connectivity index (χ3n) is 3.26. The predicted octanol–water partition coefficient (Wildman–Crippen LogP) is 1.33. The number of nitrogens with one attached hydrogen (secondary N) is 1. The van der Waals surface area contributed by atoms with Crippen molar-refractivity contribution in [3.63, 3.8) is 0 Å². The van der Waals surface area contributed by atoms with Crippen molar-refractivity contribution in [1.82, 2.24) is 5.32 Å². The van der Waals surface area contributed by atoms with Crippen LogP contribution in [0.5, 0.6) is 11.5 Å². The molecule has 0 unspecified atom stereocenters. The molecule has 1 saturated heterocycles. The van der Waals surface area contributed by atoms with Crippen molar-refractivity contribution in [3.8, 4) is 17.6 Å². The highest BCUT2D eigenvalue weighted by molar-refractivity contribution is 5.40. The monoisotopic (exact) mass is 262 g/mol. The summed E-state index contributed by atoms with van der Waals surface area (Å²) in [6.07, 6.45) is 0. The quantitative estimate of drug-likeness (QED) is 0.838. The molecule has 1 aromatic carbocycles. The lowest BCUT2D eigenvalue weighted by Gasteiger charge is -2.35. The normalized spacial score (nSPS) is 16.3. The van der Waals surface area contributed by atoms with E-state index in [1.165, 1.54) is 0 Å². The maximum atomic E-state index is 9.10. The topological polar surface area (TPSA) is 63.5 Å². The van der Waals surface area contributed by atoms with Gasteiger partial charge in [-0.3, -0.25) is 0 Å². The third-order valence-corrected chi connectivity index (χ3v) is 3.26. The molecule has 5 heteroatoms. The Labute approximate surface area is 113 Å². The summed E-state index contributed by atoms with van der Waals surface area (Å²) < 4.78 is 15.6. The average molecular weight is 262 g/mol. The summed E-state index contributed by atoms with van der Waals surface area (Å²) >= 11 is 0. The van der Waals surface area contributed by atoms with Crippen molar-refractivity contribution in [2.24, 2.45) is 5.41 Å². The molecular weight excluding hydrogens is 244 g/mol. The molecular formula is C14H18N2O3. The molecule has 0 amide bonds. The Morgan fingerprint density at radius 3 is 2.68 bits per heavy atom. The van der Waals surface area contributed by atoms with E-state index in [1.807, 2.05) is 18.2 Å². The average Bonchev–Trinajstić information content (AvgIpc) is 2.41. The summed E-state index contributed by atoms with van der Waals surface area (Å²) in [4.78, 5) is 0. The molecule has 1 fully saturated rings. The van der Waals surface area contributed by atoms with Gasteiger partial charge < -0.3 is 19.5 Å². The summed E-state index contributed by atoms with van der Waals surface area (Å²) in [6, 6.07) is 7.98. The van der Waals surface area contributed by atoms with Crippen LogP contribution in [-0.4, -0.2) is 34.0 Å². The minimum absolute atomic E-state index is 0.369. The number of hydrogen-bond acceptors (Lipinski definition) is 5. The first-order valence-electron chi connectivity index (χ1n) is 6.14. The molecule has 0 atom stereocenters. The standard InChI is InChI=1S/C14H18N2O3/c1-17-12-3-4-13(18-2)11(5-12)6-16-8-14(7-15)9-19-10-14/h3-5,16H,6,8-10H2,1-2H3. The van der Waals surface area contributed by atoms with E-state index in [-0.39, 0.29) is 5.41 Å². The Bertz CT molecular complexity index is 478. The van der Waals surface area contributed by atoms with Crippen molar-refractivity contribution in [3.05, 3.63) is 23.8 Å². The highest BCUT2D eigenvalue weighted by Crippen LogP contribution is 2.27. The number of methoxy groups -OCH3 is 2. The lowest BCUT2D eigenvalue weighted by molar-refractivity contribution is -0.0755. The maximum Gasteiger partial charge on any atom is 0.123 e. The molecule has 102 valence electrons. The second-order valence-corrected chi connectivity index (χ2v) is 4.67. The van der Waals surface area contributed by atoms with E-state index in [0.29, 0.717) is 26.3 Å². The van der Waals surface area contributed by atoms with Crippen LogP contribution in [0.4, 0.5) is 0 Å². The molecule has 1 aliphatic heterocycles. The fraction of sp³-hybridized carbons (Fsp3) is 0.500. The van der Waals surface area contributed by atoms with Crippen LogP contribution in [0.2, 0.25) is 0 Å². The molecule has 0 aromatic heterocycles. The highest BCUT2D eigenvalue weighted by atomic mass is 16.5. The number of ether oxygens (including phenoxy) is 3. The lowest BCUT2D eigenvalue weighted by Crippen LogP contribution is -2.48. The molecule has 0 saturated carbocycles. The Balaban J connectivity index is 1.96. The number of rotatable bonds is 6. The second kappa shape index (κ2) is 5.91. The fourth-order valence-electron chi connectivity index (χ4n) is 2.01. The Morgan fingerprint density at radius 1 is 1.37 bits per heavy atom. The summed E-state index contributed by atoms with van der Waals surface area (Å²) in [5.74, 6) is 1.60. The van der Waals surface area contributed by atoms with Gasteiger partial charge in [0.2, 0.25) is 0 Å². The van der Waals surface area contributed by atoms with Gasteiger partial charge in [-0.25, -0.2) is 0 Å². The SMILES string of the molecule is COc1ccc(OC)c(CNCC2(C#N)COC2)c1. The van der Waals surface area contributed by atoms with Crippen LogP contribution in [0, 0.1) is 16.7 Å². The first kappa shape index (κ1) is 13.7. The number of nitrogens with zero attached hydrogens (tertiary/aromatic N) is 1. The molecule has 0 bridgehead atoms. The van der Waals surface area contributed by atoms with Crippen LogP contribution in [0.15, 0.2) is 18.2 Å². The van der Waals surface area contributed by atoms with Crippen molar-refractivity contribution in [2.75, 3.05) is 34.0 Å². The van der Waals surface area contributed by atoms with E-state index in [4.69, 9.17) is 19.5 Å². The zero-order valence-electron chi connectivity index (χ0n) is 11.2. The molecule has 0 aliphatic carbocycles. The summed E-state index contributed by atoms with van der Waals surface area (Å²) in [7, 11) is 3.28. The molecule has 0 spiro atoms. The molecule has 1 N–H and O–H groups in total. The minimum atomic E-state index is -0.369. The number of hydrogen-bond donors (Lipinski definition) is 1. The zero-order valence-corrected chi connectivity index (χ0v) is 11.2. The Kier molecular flexibility index (Phi) is 4.25. The van der Waals surface area contributed by atoms with Gasteiger partial charge in [-0.15, -0.1) is 0 Å². The second-order valence-electron chi connectivity index (χ2n) is 4.67. The largest absolute Gasteiger partial charge is 0.497 e. The maximum absolute atomic E-state index is 9.10. The smallest absolute Gasteiger partial charge is 0.123 e. The van der Waals surface area contributed by atoms with Crippen LogP contribution in [-0.2, 0) is 11.3 Å². The number of nitriles is 1. The van der Waals surface area contributed by atoms with E-state index >= 15 is 0 Å². The van der Waals surface area contributed by atoms with Gasteiger partial charge in [-0.2, -0.15) is 5.26 Å². The van der Waals surface area contributed by atoms with E-state index in [9.17, 15) is 0 Å². The highest BCUT2D eigenvalue weighted by Gasteiger charge is 2.38. The molecule has 1 aromatic rings. The van der Waals surface area contributed by atoms with Gasteiger partial charge >= 0.3 is 0 Å². The predicted molar refractivity (Wildman–Crippen MR) is 70.1 cm³/mol. The van der Waals surface area contributed by atoms with Gasteiger partial charge in [-0.05, 0) is 18.2 Å². The van der Waals surface area contributed by atoms with E-state index in [2.05, 4.69) is 11.4 Å². The van der Waals surface area contributed by atoms with Crippen LogP contribution in [0.3, 0.4) is 0 Å². The zero-order chi connectivity index (χ0) is 13.7. The van der Waals surface area contributed by atoms with Crippen molar-refractivity contribution in [2.45, 2.75) is 6.54 Å². The molecule has 0 radical (unpaired) electrons. The van der Waals surface area contributed by atoms with Crippen molar-refractivity contribution >= 4 is 0 Å². The molecule has 1 heterocycles. The Hall–Kier alpha value is -1.77. The van der Waals surface area contributed by atoms with Gasteiger partial charge in [0.05, 0.1) is 33.5 Å². The molecule has 5 nitrogen and oxygen atoms in total. The summed E-state index contributed by atoms with van der Waals surface area (Å²) in [6.45, 7) is 2.26. The van der Waals surface area contributed by atoms with Crippen LogP contribution in [0.25, 0.3) is 0 Å². The van der Waals surface area contributed by atoms with Crippen molar-refractivity contribution in [1.29, 1.82) is 5.26 Å². The van der Waals surface area contributed by atoms with Crippen molar-refractivity contribution < 1.29 is 14.2 Å². The van der Waals surface area contributed by atoms with Crippen LogP contribution >= 0.6 is 0 Å². The van der Waals surface area contributed by atoms with Gasteiger partial charge in [0.15, 0.2) is 0 Å². The Morgan fingerprint density at radius 2 is 2.16 bits per heavy atom. The van der Waals surface area contributed by atoms with E-state index < -0.39 is 0 Å². The van der Waals surface area contributed by atoms with Crippen LogP contribution < -0.4 is 14.8 Å². The third kappa shape index (κ3) is 2.98. The lowest BCUT2D eigenvalue weighted by atomic mass is 9.88. The molecule has 19 heavy (non-hydrogen) atoms. The first-order chi connectivity index (χ1) is 9.23. The van der Waals surface area contributed by atoms with Crippen LogP contribution in [0.1, 0.15) is 5.56 Å². The summed E-state index contributed by atoms with van der Waals surface area (Å²) in [5, 5.41) is 12.4. The first-order valence-corrected chi connectivity index (χ1v) is 6.14. The van der Waals surface area contributed by atoms with E-state index in [0.717, 1.165) is 17.1 Å². The van der Waals surface area contributed by atoms with Gasteiger partial charge in [0.1, 0.15) is 16.9 Å². The fourth-order valence-corrected chi connectivity index (χ4v) is 2.01. The summed E-state index contributed by atoms with van der Waals surface area (Å²) in [5.41, 5.74) is 0.640. The molecule has 2 rings (SSSR count). The van der Waals surface area contributed by atoms with Gasteiger partial charge in [0, 0.05) is 18.7 Å².